The Hall–Kier alpha value is -2.80. The van der Waals surface area contributed by atoms with E-state index in [1.165, 1.54) is 28.0 Å². The second-order valence-corrected chi connectivity index (χ2v) is 6.74. The molecule has 0 radical (unpaired) electrons. The highest BCUT2D eigenvalue weighted by molar-refractivity contribution is 6.31. The minimum Gasteiger partial charge on any atom is -0.454 e. The normalized spacial score (nSPS) is 18.8. The molecule has 2 aliphatic heterocycles. The van der Waals surface area contributed by atoms with E-state index in [0.29, 0.717) is 35.8 Å². The van der Waals surface area contributed by atoms with Gasteiger partial charge in [-0.25, -0.2) is 4.39 Å². The summed E-state index contributed by atoms with van der Waals surface area (Å²) in [5.41, 5.74) is 0.936. The van der Waals surface area contributed by atoms with Gasteiger partial charge < -0.3 is 19.3 Å². The Kier molecular flexibility index (Phi) is 4.39. The second kappa shape index (κ2) is 6.74. The van der Waals surface area contributed by atoms with Crippen molar-refractivity contribution in [2.24, 2.45) is 0 Å². The van der Waals surface area contributed by atoms with Crippen molar-refractivity contribution in [1.82, 2.24) is 4.90 Å². The van der Waals surface area contributed by atoms with E-state index >= 15 is 0 Å². The summed E-state index contributed by atoms with van der Waals surface area (Å²) >= 11 is 5.82. The Morgan fingerprint density at radius 1 is 1.15 bits per heavy atom. The van der Waals surface area contributed by atoms with Crippen LogP contribution in [0.4, 0.5) is 10.1 Å². The number of ether oxygens (including phenoxy) is 2. The molecule has 140 valence electrons. The largest absolute Gasteiger partial charge is 0.454 e. The maximum Gasteiger partial charge on any atom is 0.254 e. The summed E-state index contributed by atoms with van der Waals surface area (Å²) in [6.07, 6.45) is 0. The zero-order valence-electron chi connectivity index (χ0n) is 14.4. The van der Waals surface area contributed by atoms with Gasteiger partial charge in [0.25, 0.3) is 5.91 Å². The van der Waals surface area contributed by atoms with Gasteiger partial charge in [0.2, 0.25) is 12.7 Å². The molecule has 0 N–H and O–H groups in total. The predicted molar refractivity (Wildman–Crippen MR) is 96.8 cm³/mol. The molecular formula is C19H16ClFN2O4. The zero-order chi connectivity index (χ0) is 19.1. The van der Waals surface area contributed by atoms with Crippen LogP contribution in [0.15, 0.2) is 36.4 Å². The van der Waals surface area contributed by atoms with Crippen molar-refractivity contribution in [3.63, 3.8) is 0 Å². The molecule has 2 aromatic rings. The number of halogens is 2. The number of carbonyl (C=O) groups excluding carboxylic acids is 2. The summed E-state index contributed by atoms with van der Waals surface area (Å²) in [4.78, 5) is 28.7. The number of hydrogen-bond acceptors (Lipinski definition) is 4. The highest BCUT2D eigenvalue weighted by atomic mass is 35.5. The first kappa shape index (κ1) is 17.6. The average molecular weight is 391 g/mol. The van der Waals surface area contributed by atoms with E-state index < -0.39 is 11.9 Å². The Labute approximate surface area is 160 Å². The van der Waals surface area contributed by atoms with Crippen LogP contribution in [0.3, 0.4) is 0 Å². The predicted octanol–water partition coefficient (Wildman–Crippen LogP) is 3.09. The lowest BCUT2D eigenvalue weighted by atomic mass is 10.1. The fraction of sp³-hybridized carbons (Fsp3) is 0.263. The van der Waals surface area contributed by atoms with Crippen LogP contribution in [0.5, 0.6) is 11.5 Å². The number of benzene rings is 2. The summed E-state index contributed by atoms with van der Waals surface area (Å²) in [5, 5.41) is -0.0492. The van der Waals surface area contributed by atoms with E-state index in [9.17, 15) is 14.0 Å². The van der Waals surface area contributed by atoms with Crippen LogP contribution in [0.1, 0.15) is 17.3 Å². The van der Waals surface area contributed by atoms with Gasteiger partial charge in [0.1, 0.15) is 11.9 Å². The molecule has 27 heavy (non-hydrogen) atoms. The number of amides is 2. The van der Waals surface area contributed by atoms with Gasteiger partial charge in [0, 0.05) is 24.3 Å². The Morgan fingerprint density at radius 3 is 2.70 bits per heavy atom. The van der Waals surface area contributed by atoms with Crippen LogP contribution in [-0.4, -0.2) is 42.6 Å². The van der Waals surface area contributed by atoms with E-state index in [0.717, 1.165) is 0 Å². The lowest BCUT2D eigenvalue weighted by Crippen LogP contribution is -2.57. The lowest BCUT2D eigenvalue weighted by Gasteiger charge is -2.39. The van der Waals surface area contributed by atoms with Crippen LogP contribution in [0.2, 0.25) is 5.02 Å². The van der Waals surface area contributed by atoms with Crippen molar-refractivity contribution in [2.45, 2.75) is 13.0 Å². The molecule has 8 heteroatoms. The molecule has 2 aromatic carbocycles. The molecule has 0 bridgehead atoms. The first-order valence-corrected chi connectivity index (χ1v) is 8.80. The highest BCUT2D eigenvalue weighted by Crippen LogP contribution is 2.33. The van der Waals surface area contributed by atoms with Crippen LogP contribution in [0.25, 0.3) is 0 Å². The number of anilines is 1. The Balaban J connectivity index is 1.54. The fourth-order valence-corrected chi connectivity index (χ4v) is 3.43. The molecule has 4 rings (SSSR count). The molecule has 0 aromatic heterocycles. The summed E-state index contributed by atoms with van der Waals surface area (Å²) in [6.45, 7) is 2.43. The Morgan fingerprint density at radius 2 is 1.93 bits per heavy atom. The van der Waals surface area contributed by atoms with E-state index in [1.807, 2.05) is 0 Å². The maximum absolute atomic E-state index is 13.4. The standard InChI is InChI=1S/C19H16ClFN2O4/c1-11-18(24)23(13-3-4-15(21)14(20)9-13)7-6-22(11)19(25)12-2-5-16-17(8-12)27-10-26-16/h2-5,8-9,11H,6-7,10H2,1H3. The van der Waals surface area contributed by atoms with E-state index in [-0.39, 0.29) is 23.6 Å². The zero-order valence-corrected chi connectivity index (χ0v) is 15.2. The molecule has 1 saturated heterocycles. The fourth-order valence-electron chi connectivity index (χ4n) is 3.25. The van der Waals surface area contributed by atoms with Crippen molar-refractivity contribution in [1.29, 1.82) is 0 Å². The molecule has 0 saturated carbocycles. The molecule has 2 heterocycles. The first-order valence-electron chi connectivity index (χ1n) is 8.43. The van der Waals surface area contributed by atoms with Gasteiger partial charge in [-0.15, -0.1) is 0 Å². The van der Waals surface area contributed by atoms with Gasteiger partial charge in [0.05, 0.1) is 5.02 Å². The molecule has 6 nitrogen and oxygen atoms in total. The van der Waals surface area contributed by atoms with Crippen LogP contribution >= 0.6 is 11.6 Å². The molecule has 0 aliphatic carbocycles. The smallest absolute Gasteiger partial charge is 0.254 e. The van der Waals surface area contributed by atoms with Crippen molar-refractivity contribution in [2.75, 3.05) is 24.8 Å². The Bertz CT molecular complexity index is 936. The second-order valence-electron chi connectivity index (χ2n) is 6.33. The van der Waals surface area contributed by atoms with Crippen LogP contribution in [-0.2, 0) is 4.79 Å². The highest BCUT2D eigenvalue weighted by Gasteiger charge is 2.36. The summed E-state index contributed by atoms with van der Waals surface area (Å²) in [7, 11) is 0. The maximum atomic E-state index is 13.4. The van der Waals surface area contributed by atoms with Crippen molar-refractivity contribution < 1.29 is 23.5 Å². The molecule has 1 unspecified atom stereocenters. The lowest BCUT2D eigenvalue weighted by molar-refractivity contribution is -0.124. The van der Waals surface area contributed by atoms with Gasteiger partial charge in [0.15, 0.2) is 11.5 Å². The van der Waals surface area contributed by atoms with E-state index in [4.69, 9.17) is 21.1 Å². The quantitative estimate of drug-likeness (QED) is 0.790. The van der Waals surface area contributed by atoms with Crippen LogP contribution < -0.4 is 14.4 Å². The molecule has 0 spiro atoms. The van der Waals surface area contributed by atoms with Gasteiger partial charge >= 0.3 is 0 Å². The number of hydrogen-bond donors (Lipinski definition) is 0. The monoisotopic (exact) mass is 390 g/mol. The van der Waals surface area contributed by atoms with Crippen LogP contribution in [0, 0.1) is 5.82 Å². The summed E-state index contributed by atoms with van der Waals surface area (Å²) in [5.74, 6) is 0.0506. The van der Waals surface area contributed by atoms with E-state index in [2.05, 4.69) is 0 Å². The topological polar surface area (TPSA) is 59.1 Å². The number of fused-ring (bicyclic) bond motifs is 1. The third-order valence-corrected chi connectivity index (χ3v) is 5.04. The van der Waals surface area contributed by atoms with Crippen molar-refractivity contribution in [3.05, 3.63) is 52.8 Å². The summed E-state index contributed by atoms with van der Waals surface area (Å²) < 4.78 is 23.9. The van der Waals surface area contributed by atoms with Crippen molar-refractivity contribution in [3.8, 4) is 11.5 Å². The molecular weight excluding hydrogens is 375 g/mol. The van der Waals surface area contributed by atoms with Gasteiger partial charge in [-0.1, -0.05) is 11.6 Å². The minimum atomic E-state index is -0.666. The van der Waals surface area contributed by atoms with Crippen molar-refractivity contribution >= 4 is 29.1 Å². The number of carbonyl (C=O) groups is 2. The number of piperazine rings is 1. The average Bonchev–Trinajstić information content (AvgIpc) is 3.13. The SMILES string of the molecule is CC1C(=O)N(c2ccc(F)c(Cl)c2)CCN1C(=O)c1ccc2c(c1)OCO2. The van der Waals surface area contributed by atoms with E-state index in [1.54, 1.807) is 25.1 Å². The molecule has 2 aliphatic rings. The summed E-state index contributed by atoms with van der Waals surface area (Å²) in [6, 6.07) is 8.42. The third-order valence-electron chi connectivity index (χ3n) is 4.75. The number of rotatable bonds is 2. The first-order chi connectivity index (χ1) is 13.0. The minimum absolute atomic E-state index is 0.0492. The van der Waals surface area contributed by atoms with Gasteiger partial charge in [-0.3, -0.25) is 9.59 Å². The molecule has 1 atom stereocenters. The molecule has 2 amide bonds. The van der Waals surface area contributed by atoms with Gasteiger partial charge in [-0.2, -0.15) is 0 Å². The number of nitrogens with zero attached hydrogens (tertiary/aromatic N) is 2. The third kappa shape index (κ3) is 3.08. The van der Waals surface area contributed by atoms with Gasteiger partial charge in [-0.05, 0) is 43.3 Å². The molecule has 1 fully saturated rings.